The van der Waals surface area contributed by atoms with Crippen LogP contribution in [0.4, 0.5) is 0 Å². The van der Waals surface area contributed by atoms with Crippen molar-refractivity contribution < 1.29 is 8.83 Å². The van der Waals surface area contributed by atoms with Crippen molar-refractivity contribution in [3.05, 3.63) is 194 Å². The molecule has 0 saturated carbocycles. The molecule has 0 bridgehead atoms. The van der Waals surface area contributed by atoms with Crippen molar-refractivity contribution in [3.8, 4) is 39.9 Å². The number of aromatic nitrogens is 4. The molecule has 14 aromatic rings. The average Bonchev–Trinajstić information content (AvgIpc) is 4.03. The van der Waals surface area contributed by atoms with Crippen LogP contribution in [-0.2, 0) is 0 Å². The van der Waals surface area contributed by atoms with Gasteiger partial charge in [-0.15, -0.1) is 0 Å². The molecule has 0 aliphatic heterocycles. The molecule has 6 heteroatoms. The summed E-state index contributed by atoms with van der Waals surface area (Å²) in [4.78, 5) is 15.5. The molecular formula is C57H32N4O2. The first-order chi connectivity index (χ1) is 31.2. The summed E-state index contributed by atoms with van der Waals surface area (Å²) in [6.07, 6.45) is 0. The molecule has 63 heavy (non-hydrogen) atoms. The van der Waals surface area contributed by atoms with E-state index in [4.69, 9.17) is 23.8 Å². The van der Waals surface area contributed by atoms with Gasteiger partial charge < -0.3 is 13.4 Å². The third-order valence-corrected chi connectivity index (χ3v) is 12.8. The summed E-state index contributed by atoms with van der Waals surface area (Å²) >= 11 is 0. The Kier molecular flexibility index (Phi) is 7.02. The van der Waals surface area contributed by atoms with Crippen LogP contribution in [0.2, 0.25) is 0 Å². The van der Waals surface area contributed by atoms with Gasteiger partial charge in [-0.05, 0) is 64.0 Å². The molecule has 0 spiro atoms. The lowest BCUT2D eigenvalue weighted by Gasteiger charge is -2.13. The van der Waals surface area contributed by atoms with Crippen LogP contribution in [0, 0.1) is 0 Å². The van der Waals surface area contributed by atoms with E-state index in [-0.39, 0.29) is 0 Å². The number of nitrogens with zero attached hydrogens (tertiary/aromatic N) is 4. The molecular weight excluding hydrogens is 773 g/mol. The molecule has 0 aliphatic carbocycles. The fraction of sp³-hybridized carbons (Fsp3) is 0. The third-order valence-electron chi connectivity index (χ3n) is 12.8. The first kappa shape index (κ1) is 34.1. The van der Waals surface area contributed by atoms with Gasteiger partial charge in [0, 0.05) is 48.7 Å². The zero-order chi connectivity index (χ0) is 41.2. The summed E-state index contributed by atoms with van der Waals surface area (Å²) in [5.41, 5.74) is 8.95. The van der Waals surface area contributed by atoms with E-state index in [9.17, 15) is 0 Å². The minimum atomic E-state index is 0.516. The van der Waals surface area contributed by atoms with E-state index in [0.29, 0.717) is 23.1 Å². The third kappa shape index (κ3) is 4.97. The van der Waals surface area contributed by atoms with Gasteiger partial charge in [-0.3, -0.25) is 0 Å². The SMILES string of the molecule is c1ccc(-c2nc(-c3cccc4c3oc3ccccc34)nc(-c3cccc4c3oc3c5ccccc5c(-n5c6cc7ccccc7cc6c6c7ccccc7ccc65)cc43)n2)cc1. The second-order valence-electron chi connectivity index (χ2n) is 16.3. The highest BCUT2D eigenvalue weighted by atomic mass is 16.3. The highest BCUT2D eigenvalue weighted by molar-refractivity contribution is 6.25. The second-order valence-corrected chi connectivity index (χ2v) is 16.3. The van der Waals surface area contributed by atoms with Crippen molar-refractivity contribution >= 4 is 98.0 Å². The van der Waals surface area contributed by atoms with Crippen molar-refractivity contribution in [1.29, 1.82) is 0 Å². The molecule has 0 fully saturated rings. The first-order valence-electron chi connectivity index (χ1n) is 21.2. The van der Waals surface area contributed by atoms with E-state index in [1.54, 1.807) is 0 Å². The lowest BCUT2D eigenvalue weighted by atomic mass is 10.0. The molecule has 4 aromatic heterocycles. The number of hydrogen-bond donors (Lipinski definition) is 0. The molecule has 292 valence electrons. The number of rotatable bonds is 4. The molecule has 14 rings (SSSR count). The molecule has 4 heterocycles. The van der Waals surface area contributed by atoms with E-state index in [1.807, 2.05) is 66.7 Å². The van der Waals surface area contributed by atoms with Gasteiger partial charge in [0.05, 0.1) is 27.8 Å². The Morgan fingerprint density at radius 2 is 0.905 bits per heavy atom. The summed E-state index contributed by atoms with van der Waals surface area (Å²) in [6.45, 7) is 0. The predicted molar refractivity (Wildman–Crippen MR) is 258 cm³/mol. The topological polar surface area (TPSA) is 69.9 Å². The van der Waals surface area contributed by atoms with Gasteiger partial charge >= 0.3 is 0 Å². The first-order valence-corrected chi connectivity index (χ1v) is 21.2. The molecule has 6 nitrogen and oxygen atoms in total. The van der Waals surface area contributed by atoms with Crippen LogP contribution in [-0.4, -0.2) is 19.5 Å². The maximum absolute atomic E-state index is 7.09. The van der Waals surface area contributed by atoms with Crippen molar-refractivity contribution in [3.63, 3.8) is 0 Å². The Hall–Kier alpha value is -8.61. The molecule has 0 aliphatic rings. The fourth-order valence-electron chi connectivity index (χ4n) is 9.95. The quantitative estimate of drug-likeness (QED) is 0.177. The molecule has 10 aromatic carbocycles. The van der Waals surface area contributed by atoms with Gasteiger partial charge in [0.1, 0.15) is 22.3 Å². The number of para-hydroxylation sites is 3. The van der Waals surface area contributed by atoms with E-state index in [2.05, 4.69) is 132 Å². The van der Waals surface area contributed by atoms with Gasteiger partial charge in [-0.1, -0.05) is 152 Å². The standard InChI is InChI=1S/C57H32N4O2/c1-2-15-34(16-3-1)55-58-56(43-25-12-23-41-39-21-10-11-27-50(39)62-52(41)43)60-57(59-55)44-26-13-24-42-45-32-49(38-20-8-9-22-40(38)54(45)63-53(42)44)61-47-29-28-33-14-6-7-19-37(33)51(47)46-30-35-17-4-5-18-36(35)31-48(46)61/h1-32H. The minimum absolute atomic E-state index is 0.516. The van der Waals surface area contributed by atoms with Crippen molar-refractivity contribution in [2.24, 2.45) is 0 Å². The molecule has 0 N–H and O–H groups in total. The lowest BCUT2D eigenvalue weighted by Crippen LogP contribution is -2.00. The molecule has 0 atom stereocenters. The fourth-order valence-corrected chi connectivity index (χ4v) is 9.95. The zero-order valence-electron chi connectivity index (χ0n) is 33.6. The van der Waals surface area contributed by atoms with Gasteiger partial charge in [-0.2, -0.15) is 0 Å². The zero-order valence-corrected chi connectivity index (χ0v) is 33.6. The largest absolute Gasteiger partial charge is 0.455 e. The summed E-state index contributed by atoms with van der Waals surface area (Å²) in [6, 6.07) is 68.1. The maximum Gasteiger partial charge on any atom is 0.167 e. The summed E-state index contributed by atoms with van der Waals surface area (Å²) in [7, 11) is 0. The Morgan fingerprint density at radius 3 is 1.68 bits per heavy atom. The summed E-state index contributed by atoms with van der Waals surface area (Å²) in [5, 5.41) is 13.5. The summed E-state index contributed by atoms with van der Waals surface area (Å²) < 4.78 is 16.0. The van der Waals surface area contributed by atoms with Gasteiger partial charge in [-0.25, -0.2) is 15.0 Å². The second kappa shape index (κ2) is 12.9. The average molecular weight is 805 g/mol. The molecule has 0 amide bonds. The van der Waals surface area contributed by atoms with Crippen LogP contribution >= 0.6 is 0 Å². The van der Waals surface area contributed by atoms with Gasteiger partial charge in [0.2, 0.25) is 0 Å². The van der Waals surface area contributed by atoms with E-state index < -0.39 is 0 Å². The number of hydrogen-bond acceptors (Lipinski definition) is 5. The number of fused-ring (bicyclic) bond motifs is 14. The number of benzene rings is 10. The highest BCUT2D eigenvalue weighted by Gasteiger charge is 2.24. The van der Waals surface area contributed by atoms with Crippen LogP contribution in [0.1, 0.15) is 0 Å². The van der Waals surface area contributed by atoms with Crippen LogP contribution in [0.25, 0.3) is 138 Å². The normalized spacial score (nSPS) is 12.1. The summed E-state index contributed by atoms with van der Waals surface area (Å²) in [5.74, 6) is 1.61. The number of furan rings is 2. The predicted octanol–water partition coefficient (Wildman–Crippen LogP) is 15.2. The Bertz CT molecular complexity index is 4220. The van der Waals surface area contributed by atoms with E-state index in [0.717, 1.165) is 82.5 Å². The van der Waals surface area contributed by atoms with Gasteiger partial charge in [0.15, 0.2) is 17.5 Å². The lowest BCUT2D eigenvalue weighted by molar-refractivity contribution is 0.669. The van der Waals surface area contributed by atoms with E-state index >= 15 is 0 Å². The molecule has 0 saturated heterocycles. The van der Waals surface area contributed by atoms with Crippen molar-refractivity contribution in [2.45, 2.75) is 0 Å². The monoisotopic (exact) mass is 804 g/mol. The Labute approximate surface area is 358 Å². The van der Waals surface area contributed by atoms with Crippen LogP contribution in [0.5, 0.6) is 0 Å². The Balaban J connectivity index is 1.05. The van der Waals surface area contributed by atoms with Gasteiger partial charge in [0.25, 0.3) is 0 Å². The van der Waals surface area contributed by atoms with E-state index in [1.165, 1.54) is 32.3 Å². The molecule has 0 unspecified atom stereocenters. The highest BCUT2D eigenvalue weighted by Crippen LogP contribution is 2.45. The molecule has 0 radical (unpaired) electrons. The van der Waals surface area contributed by atoms with Crippen LogP contribution in [0.3, 0.4) is 0 Å². The van der Waals surface area contributed by atoms with Crippen LogP contribution in [0.15, 0.2) is 203 Å². The minimum Gasteiger partial charge on any atom is -0.455 e. The Morgan fingerprint density at radius 1 is 0.333 bits per heavy atom. The van der Waals surface area contributed by atoms with Crippen molar-refractivity contribution in [1.82, 2.24) is 19.5 Å². The van der Waals surface area contributed by atoms with Crippen LogP contribution < -0.4 is 0 Å². The smallest absolute Gasteiger partial charge is 0.167 e. The maximum atomic E-state index is 7.09. The van der Waals surface area contributed by atoms with Crippen molar-refractivity contribution in [2.75, 3.05) is 0 Å².